The molecule has 4 aliphatic rings. The van der Waals surface area contributed by atoms with Crippen molar-refractivity contribution >= 4 is 5.91 Å². The molecular weight excluding hydrogens is 649 g/mol. The fraction of sp³-hybridized carbons (Fsp3) is 0.963. The van der Waals surface area contributed by atoms with E-state index in [1.54, 1.807) is 0 Å². The molecule has 0 bridgehead atoms. The Morgan fingerprint density at radius 3 is 2.06 bits per heavy atom. The quantitative estimate of drug-likeness (QED) is 0.0847. The summed E-state index contributed by atoms with van der Waals surface area (Å²) in [6, 6.07) is -4.12. The molecule has 4 rings (SSSR count). The summed E-state index contributed by atoms with van der Waals surface area (Å²) in [7, 11) is 0. The Kier molecular flexibility index (Phi) is 14.2. The van der Waals surface area contributed by atoms with Crippen molar-refractivity contribution in [1.82, 2.24) is 5.32 Å². The summed E-state index contributed by atoms with van der Waals surface area (Å²) in [5.74, 6) is -1.16. The number of alkyl halides is 1. The number of carbonyl (C=O) groups excluding carboxylic acids is 1. The molecule has 20 nitrogen and oxygen atoms in total. The number of aliphatic hydroxyl groups is 6. The van der Waals surface area contributed by atoms with Gasteiger partial charge in [0, 0.05) is 25.7 Å². The van der Waals surface area contributed by atoms with Crippen molar-refractivity contribution in [2.45, 2.75) is 136 Å². The van der Waals surface area contributed by atoms with Gasteiger partial charge < -0.3 is 98.8 Å². The zero-order valence-corrected chi connectivity index (χ0v) is 26.3. The molecule has 0 spiro atoms. The largest absolute Gasteiger partial charge is 0.394 e. The van der Waals surface area contributed by atoms with Gasteiger partial charge in [0.25, 0.3) is 5.91 Å². The van der Waals surface area contributed by atoms with Gasteiger partial charge >= 0.3 is 0 Å². The number of ether oxygens (including phenoxy) is 6. The fourth-order valence-electron chi connectivity index (χ4n) is 6.32. The summed E-state index contributed by atoms with van der Waals surface area (Å²) < 4.78 is 49.3. The van der Waals surface area contributed by atoms with E-state index >= 15 is 0 Å². The first-order valence-corrected chi connectivity index (χ1v) is 16.0. The van der Waals surface area contributed by atoms with Crippen molar-refractivity contribution in [3.8, 4) is 0 Å². The summed E-state index contributed by atoms with van der Waals surface area (Å²) in [6.07, 6.45) is -20.4. The smallest absolute Gasteiger partial charge is 0.252 e. The second-order valence-electron chi connectivity index (χ2n) is 12.7. The average Bonchev–Trinajstić information content (AvgIpc) is 3.37. The fourth-order valence-corrected chi connectivity index (χ4v) is 6.32. The molecular formula is C27H52FN7O13. The van der Waals surface area contributed by atoms with Gasteiger partial charge in [-0.2, -0.15) is 0 Å². The molecule has 3 saturated heterocycles. The van der Waals surface area contributed by atoms with E-state index in [0.717, 1.165) is 0 Å². The highest BCUT2D eigenvalue weighted by Gasteiger charge is 2.54. The van der Waals surface area contributed by atoms with E-state index < -0.39 is 129 Å². The third kappa shape index (κ3) is 8.58. The van der Waals surface area contributed by atoms with E-state index in [1.807, 2.05) is 0 Å². The summed E-state index contributed by atoms with van der Waals surface area (Å²) in [5.41, 5.74) is 35.4. The van der Waals surface area contributed by atoms with Crippen LogP contribution in [-0.2, 0) is 33.2 Å². The molecule has 3 aliphatic heterocycles. The van der Waals surface area contributed by atoms with Crippen molar-refractivity contribution < 1.29 is 68.2 Å². The topological polar surface area (TPSA) is 362 Å². The van der Waals surface area contributed by atoms with Crippen LogP contribution in [0.5, 0.6) is 0 Å². The van der Waals surface area contributed by atoms with Gasteiger partial charge in [-0.15, -0.1) is 0 Å². The summed E-state index contributed by atoms with van der Waals surface area (Å²) in [6.45, 7) is -1.35. The Hall–Kier alpha value is -1.32. The third-order valence-corrected chi connectivity index (χ3v) is 9.27. The minimum atomic E-state index is -2.14. The Labute approximate surface area is 276 Å². The summed E-state index contributed by atoms with van der Waals surface area (Å²) >= 11 is 0. The van der Waals surface area contributed by atoms with Gasteiger partial charge in [-0.05, 0) is 19.3 Å². The number of halogens is 1. The zero-order chi connectivity index (χ0) is 35.4. The Morgan fingerprint density at radius 2 is 1.44 bits per heavy atom. The van der Waals surface area contributed by atoms with Gasteiger partial charge in [0.2, 0.25) is 0 Å². The molecule has 280 valence electrons. The molecule has 48 heavy (non-hydrogen) atoms. The number of hydrogen-bond acceptors (Lipinski definition) is 19. The van der Waals surface area contributed by atoms with Gasteiger partial charge in [-0.3, -0.25) is 4.79 Å². The molecule has 4 fully saturated rings. The van der Waals surface area contributed by atoms with Crippen LogP contribution >= 0.6 is 0 Å². The predicted octanol–water partition coefficient (Wildman–Crippen LogP) is -8.02. The van der Waals surface area contributed by atoms with Crippen LogP contribution in [0, 0.1) is 0 Å². The first-order chi connectivity index (χ1) is 22.8. The van der Waals surface area contributed by atoms with Gasteiger partial charge in [0.1, 0.15) is 61.1 Å². The van der Waals surface area contributed by atoms with E-state index in [-0.39, 0.29) is 25.6 Å². The lowest BCUT2D eigenvalue weighted by Crippen LogP contribution is -2.67. The van der Waals surface area contributed by atoms with Crippen LogP contribution in [0.2, 0.25) is 0 Å². The van der Waals surface area contributed by atoms with Crippen molar-refractivity contribution in [2.24, 2.45) is 34.4 Å². The number of nitrogens with two attached hydrogens (primary N) is 6. The first kappa shape index (κ1) is 39.5. The van der Waals surface area contributed by atoms with E-state index in [0.29, 0.717) is 12.8 Å². The van der Waals surface area contributed by atoms with Crippen LogP contribution < -0.4 is 39.7 Å². The highest BCUT2D eigenvalue weighted by atomic mass is 19.1. The van der Waals surface area contributed by atoms with E-state index in [2.05, 4.69) is 5.32 Å². The number of carbonyl (C=O) groups is 1. The molecule has 0 unspecified atom stereocenters. The molecule has 19 atom stereocenters. The summed E-state index contributed by atoms with van der Waals surface area (Å²) in [4.78, 5) is 12.6. The molecule has 3 heterocycles. The van der Waals surface area contributed by atoms with Crippen molar-refractivity contribution in [3.05, 3.63) is 0 Å². The average molecular weight is 702 g/mol. The summed E-state index contributed by atoms with van der Waals surface area (Å²) in [5, 5.41) is 65.8. The maximum atomic E-state index is 14.0. The van der Waals surface area contributed by atoms with E-state index in [9.17, 15) is 39.8 Å². The maximum absolute atomic E-state index is 14.0. The lowest BCUT2D eigenvalue weighted by atomic mass is 9.83. The van der Waals surface area contributed by atoms with Crippen LogP contribution in [0.1, 0.15) is 19.3 Å². The Balaban J connectivity index is 1.55. The van der Waals surface area contributed by atoms with Gasteiger partial charge in [0.05, 0.1) is 30.8 Å². The van der Waals surface area contributed by atoms with Crippen LogP contribution in [0.4, 0.5) is 4.39 Å². The van der Waals surface area contributed by atoms with Crippen LogP contribution in [-0.4, -0.2) is 179 Å². The second kappa shape index (κ2) is 17.3. The second-order valence-corrected chi connectivity index (χ2v) is 12.7. The van der Waals surface area contributed by atoms with Crippen molar-refractivity contribution in [3.63, 3.8) is 0 Å². The standard InChI is InChI=1S/C27H52FN7O13/c28-9(5-30)16(37)24(42)35-12-3-11(33)21(46-25-10(32)2-1-8(4-29)43-25)23(17(12)38)48-27-20(41)22(14(7-36)45-27)47-26-15(34)19(40)18(39)13(6-31)44-26/h8-23,25-27,36-41H,1-7,29-34H2,(H,35,42)/t8-,9+,10+,11-,12+,13-,14+,15+,16-,17-,18+,19+,20+,21+,22+,23+,25+,26+,27-/m0/s1. The number of rotatable bonds is 13. The number of hydrogen-bond donors (Lipinski definition) is 13. The van der Waals surface area contributed by atoms with Crippen molar-refractivity contribution in [1.29, 1.82) is 0 Å². The molecule has 19 N–H and O–H groups in total. The molecule has 0 radical (unpaired) electrons. The lowest BCUT2D eigenvalue weighted by Gasteiger charge is -2.46. The van der Waals surface area contributed by atoms with E-state index in [1.165, 1.54) is 0 Å². The van der Waals surface area contributed by atoms with Gasteiger partial charge in [0.15, 0.2) is 25.0 Å². The Morgan fingerprint density at radius 1 is 0.792 bits per heavy atom. The number of nitrogens with one attached hydrogen (secondary N) is 1. The molecule has 0 aromatic rings. The predicted molar refractivity (Wildman–Crippen MR) is 159 cm³/mol. The maximum Gasteiger partial charge on any atom is 0.252 e. The number of aliphatic hydroxyl groups excluding tert-OH is 6. The van der Waals surface area contributed by atoms with Crippen molar-refractivity contribution in [2.75, 3.05) is 26.2 Å². The monoisotopic (exact) mass is 701 g/mol. The molecule has 21 heteroatoms. The molecule has 1 aliphatic carbocycles. The molecule has 1 saturated carbocycles. The highest BCUT2D eigenvalue weighted by Crippen LogP contribution is 2.34. The number of amides is 1. The van der Waals surface area contributed by atoms with Crippen LogP contribution in [0.3, 0.4) is 0 Å². The highest BCUT2D eigenvalue weighted by molar-refractivity contribution is 5.81. The third-order valence-electron chi connectivity index (χ3n) is 9.27. The van der Waals surface area contributed by atoms with Gasteiger partial charge in [-0.25, -0.2) is 4.39 Å². The Bertz CT molecular complexity index is 1030. The molecule has 0 aromatic heterocycles. The lowest BCUT2D eigenvalue weighted by molar-refractivity contribution is -0.289. The van der Waals surface area contributed by atoms with Gasteiger partial charge in [-0.1, -0.05) is 0 Å². The normalized spacial score (nSPS) is 46.6. The SMILES string of the molecule is NC[C@@H]1CC[C@@H](N)[C@@H](O[C@H]2[C@H](O[C@@H]3O[C@H](CO)[C@@H](O[C@H]4O[C@@H](CN)[C@@H](O)[C@H](O)[C@H]4N)[C@H]3O)[C@@H](O)[C@H](NC(=O)[C@@H](O)[C@H](F)CN)C[C@@H]2N)O1. The van der Waals surface area contributed by atoms with Crippen LogP contribution in [0.15, 0.2) is 0 Å². The first-order valence-electron chi connectivity index (χ1n) is 16.0. The van der Waals surface area contributed by atoms with Crippen LogP contribution in [0.25, 0.3) is 0 Å². The molecule has 0 aromatic carbocycles. The van der Waals surface area contributed by atoms with E-state index in [4.69, 9.17) is 62.8 Å². The minimum absolute atomic E-state index is 0.140. The molecule has 1 amide bonds. The zero-order valence-electron chi connectivity index (χ0n) is 26.3. The minimum Gasteiger partial charge on any atom is -0.394 e.